The van der Waals surface area contributed by atoms with E-state index in [1.807, 2.05) is 0 Å². The van der Waals surface area contributed by atoms with Gasteiger partial charge in [-0.1, -0.05) is 26.0 Å². The van der Waals surface area contributed by atoms with Crippen molar-refractivity contribution in [3.05, 3.63) is 54.1 Å². The molecule has 13 heteroatoms. The van der Waals surface area contributed by atoms with E-state index in [2.05, 4.69) is 26.6 Å². The molecule has 1 heterocycles. The molecule has 0 bridgehead atoms. The van der Waals surface area contributed by atoms with Crippen molar-refractivity contribution < 1.29 is 38.2 Å². The van der Waals surface area contributed by atoms with Crippen molar-refractivity contribution in [2.45, 2.75) is 64.7 Å². The maximum absolute atomic E-state index is 13.4. The summed E-state index contributed by atoms with van der Waals surface area (Å²) in [4.78, 5) is 66.1. The Labute approximate surface area is 263 Å². The van der Waals surface area contributed by atoms with Gasteiger partial charge >= 0.3 is 0 Å². The number of benzene rings is 2. The van der Waals surface area contributed by atoms with Gasteiger partial charge in [0.15, 0.2) is 0 Å². The minimum Gasteiger partial charge on any atom is -0.497 e. The molecule has 2 aromatic rings. The molecule has 0 unspecified atom stereocenters. The lowest BCUT2D eigenvalue weighted by Gasteiger charge is -2.30. The van der Waals surface area contributed by atoms with Gasteiger partial charge in [-0.25, -0.2) is 0 Å². The normalized spacial score (nSPS) is 21.1. The Kier molecular flexibility index (Phi) is 12.2. The molecule has 3 atom stereocenters. The zero-order valence-corrected chi connectivity index (χ0v) is 26.5. The summed E-state index contributed by atoms with van der Waals surface area (Å²) in [6, 6.07) is 10.7. The molecule has 3 rings (SSSR count). The van der Waals surface area contributed by atoms with Gasteiger partial charge in [-0.3, -0.25) is 24.0 Å². The highest BCUT2D eigenvalue weighted by molar-refractivity contribution is 6.01. The molecule has 0 spiro atoms. The lowest BCUT2D eigenvalue weighted by molar-refractivity contribution is -0.136. The summed E-state index contributed by atoms with van der Waals surface area (Å²) >= 11 is 0. The first-order valence-electron chi connectivity index (χ1n) is 14.8. The summed E-state index contributed by atoms with van der Waals surface area (Å²) in [6.45, 7) is 8.52. The Morgan fingerprint density at radius 3 is 2.33 bits per heavy atom. The number of hydrogen-bond acceptors (Lipinski definition) is 8. The van der Waals surface area contributed by atoms with E-state index >= 15 is 0 Å². The molecule has 5 N–H and O–H groups in total. The number of hydrogen-bond donors (Lipinski definition) is 5. The molecule has 244 valence electrons. The fourth-order valence-electron chi connectivity index (χ4n) is 4.45. The van der Waals surface area contributed by atoms with E-state index in [1.54, 1.807) is 70.3 Å². The Morgan fingerprint density at radius 2 is 1.67 bits per heavy atom. The molecule has 5 amide bonds. The van der Waals surface area contributed by atoms with Gasteiger partial charge in [0.1, 0.15) is 48.1 Å². The minimum absolute atomic E-state index is 0.0262. The number of nitrogens with one attached hydrogen (secondary N) is 5. The molecule has 13 nitrogen and oxygen atoms in total. The molecule has 0 aromatic heterocycles. The number of carbonyl (C=O) groups is 5. The Morgan fingerprint density at radius 1 is 1.00 bits per heavy atom. The molecule has 0 saturated heterocycles. The first-order valence-corrected chi connectivity index (χ1v) is 14.8. The van der Waals surface area contributed by atoms with Crippen LogP contribution in [-0.2, 0) is 19.2 Å². The molecule has 45 heavy (non-hydrogen) atoms. The van der Waals surface area contributed by atoms with E-state index in [-0.39, 0.29) is 37.0 Å². The van der Waals surface area contributed by atoms with Crippen molar-refractivity contribution in [1.82, 2.24) is 26.6 Å². The third kappa shape index (κ3) is 10.1. The predicted molar refractivity (Wildman–Crippen MR) is 166 cm³/mol. The number of amides is 5. The van der Waals surface area contributed by atoms with Crippen LogP contribution in [0.4, 0.5) is 0 Å². The third-order valence-corrected chi connectivity index (χ3v) is 7.01. The molecule has 0 saturated carbocycles. The van der Waals surface area contributed by atoms with Gasteiger partial charge in [0.05, 0.1) is 31.7 Å². The fourth-order valence-corrected chi connectivity index (χ4v) is 4.45. The van der Waals surface area contributed by atoms with Gasteiger partial charge in [-0.05, 0) is 63.1 Å². The van der Waals surface area contributed by atoms with Crippen LogP contribution in [0.2, 0.25) is 0 Å². The molecule has 0 aliphatic carbocycles. The first-order chi connectivity index (χ1) is 21.3. The summed E-state index contributed by atoms with van der Waals surface area (Å²) in [5, 5.41) is 13.5. The summed E-state index contributed by atoms with van der Waals surface area (Å²) in [6.07, 6.45) is -0.470. The number of rotatable bonds is 7. The van der Waals surface area contributed by atoms with Crippen molar-refractivity contribution in [3.63, 3.8) is 0 Å². The van der Waals surface area contributed by atoms with Gasteiger partial charge in [0.25, 0.3) is 5.91 Å². The van der Waals surface area contributed by atoms with Crippen LogP contribution in [-0.4, -0.2) is 80.1 Å². The van der Waals surface area contributed by atoms with Crippen LogP contribution < -0.4 is 40.8 Å². The predicted octanol–water partition coefficient (Wildman–Crippen LogP) is 1.31. The average molecular weight is 626 g/mol. The maximum Gasteiger partial charge on any atom is 0.255 e. The lowest BCUT2D eigenvalue weighted by Crippen LogP contribution is -2.61. The van der Waals surface area contributed by atoms with Crippen LogP contribution in [0.25, 0.3) is 0 Å². The quantitative estimate of drug-likeness (QED) is 0.287. The number of methoxy groups -OCH3 is 1. The zero-order chi connectivity index (χ0) is 33.1. The molecule has 1 aliphatic rings. The topological polar surface area (TPSA) is 173 Å². The van der Waals surface area contributed by atoms with E-state index in [4.69, 9.17) is 14.2 Å². The first kappa shape index (κ1) is 34.7. The van der Waals surface area contributed by atoms with Crippen LogP contribution >= 0.6 is 0 Å². The highest BCUT2D eigenvalue weighted by Crippen LogP contribution is 2.19. The van der Waals surface area contributed by atoms with E-state index in [1.165, 1.54) is 19.9 Å². The molecule has 1 aliphatic heterocycles. The average Bonchev–Trinajstić information content (AvgIpc) is 2.99. The minimum atomic E-state index is -1.45. The SMILES string of the molecule is COc1ccc(OCCNC(=O)[C@@H]2CC(=O)NC(C)(C)C(=O)N[C@H](C(C)C)C(=O)N[C@@H](C)COc3ccccc3C(=O)N2)cc1. The van der Waals surface area contributed by atoms with Crippen molar-refractivity contribution in [2.75, 3.05) is 26.9 Å². The fraction of sp³-hybridized carbons (Fsp3) is 0.469. The van der Waals surface area contributed by atoms with Gasteiger partial charge in [0, 0.05) is 0 Å². The molecule has 0 radical (unpaired) electrons. The molecule has 0 fully saturated rings. The molecular weight excluding hydrogens is 582 g/mol. The monoisotopic (exact) mass is 625 g/mol. The van der Waals surface area contributed by atoms with Crippen molar-refractivity contribution >= 4 is 29.5 Å². The van der Waals surface area contributed by atoms with E-state index in [9.17, 15) is 24.0 Å². The molecular formula is C32H43N5O8. The van der Waals surface area contributed by atoms with Gasteiger partial charge in [-0.15, -0.1) is 0 Å². The van der Waals surface area contributed by atoms with Gasteiger partial charge in [0.2, 0.25) is 23.6 Å². The lowest BCUT2D eigenvalue weighted by atomic mass is 9.98. The highest BCUT2D eigenvalue weighted by Gasteiger charge is 2.36. The zero-order valence-electron chi connectivity index (χ0n) is 26.5. The highest BCUT2D eigenvalue weighted by atomic mass is 16.5. The summed E-state index contributed by atoms with van der Waals surface area (Å²) in [5.41, 5.74) is -1.31. The summed E-state index contributed by atoms with van der Waals surface area (Å²) < 4.78 is 16.7. The third-order valence-electron chi connectivity index (χ3n) is 7.01. The smallest absolute Gasteiger partial charge is 0.255 e. The van der Waals surface area contributed by atoms with Crippen LogP contribution in [0, 0.1) is 5.92 Å². The number of fused-ring (bicyclic) bond motifs is 1. The summed E-state index contributed by atoms with van der Waals surface area (Å²) in [5.74, 6) is -1.74. The second kappa shape index (κ2) is 15.8. The maximum atomic E-state index is 13.4. The number of ether oxygens (including phenoxy) is 3. The van der Waals surface area contributed by atoms with E-state index < -0.39 is 59.6 Å². The van der Waals surface area contributed by atoms with Crippen molar-refractivity contribution in [3.8, 4) is 17.2 Å². The largest absolute Gasteiger partial charge is 0.497 e. The van der Waals surface area contributed by atoms with Crippen LogP contribution in [0.1, 0.15) is 51.4 Å². The van der Waals surface area contributed by atoms with Crippen molar-refractivity contribution in [2.24, 2.45) is 5.92 Å². The van der Waals surface area contributed by atoms with Crippen LogP contribution in [0.5, 0.6) is 17.2 Å². The van der Waals surface area contributed by atoms with Crippen molar-refractivity contribution in [1.29, 1.82) is 0 Å². The summed E-state index contributed by atoms with van der Waals surface area (Å²) in [7, 11) is 1.56. The Hall–Kier alpha value is -4.81. The Balaban J connectivity index is 1.82. The number of para-hydroxylation sites is 1. The molecule has 2 aromatic carbocycles. The Bertz CT molecular complexity index is 1360. The van der Waals surface area contributed by atoms with E-state index in [0.29, 0.717) is 11.5 Å². The van der Waals surface area contributed by atoms with Gasteiger partial charge < -0.3 is 40.8 Å². The second-order valence-corrected chi connectivity index (χ2v) is 11.6. The second-order valence-electron chi connectivity index (χ2n) is 11.6. The van der Waals surface area contributed by atoms with Crippen LogP contribution in [0.3, 0.4) is 0 Å². The van der Waals surface area contributed by atoms with E-state index in [0.717, 1.165) is 0 Å². The standard InChI is InChI=1S/C32H43N5O8/c1-19(2)27-30(41)34-20(3)18-45-25-10-8-7-9-23(25)28(39)35-24(17-26(38)37-32(4,5)31(42)36-27)29(40)33-15-16-44-22-13-11-21(43-6)12-14-22/h7-14,19-20,24,27H,15-18H2,1-6H3,(H,33,40)(H,34,41)(H,35,39)(H,36,42)(H,37,38)/t20-,24-,27+/m0/s1. The van der Waals surface area contributed by atoms with Gasteiger partial charge in [-0.2, -0.15) is 0 Å². The number of carbonyl (C=O) groups excluding carboxylic acids is 5. The van der Waals surface area contributed by atoms with Crippen LogP contribution in [0.15, 0.2) is 48.5 Å².